The fourth-order valence-corrected chi connectivity index (χ4v) is 4.40. The number of thiazole rings is 1. The summed E-state index contributed by atoms with van der Waals surface area (Å²) >= 11 is 3.15. The Kier molecular flexibility index (Phi) is 6.84. The smallest absolute Gasteiger partial charge is 0.338 e. The van der Waals surface area contributed by atoms with Crippen LogP contribution in [-0.2, 0) is 10.5 Å². The fourth-order valence-electron chi connectivity index (χ4n) is 2.55. The van der Waals surface area contributed by atoms with E-state index in [4.69, 9.17) is 9.47 Å². The molecule has 1 heterocycles. The van der Waals surface area contributed by atoms with Crippen molar-refractivity contribution in [2.45, 2.75) is 17.0 Å². The number of nitrogens with zero attached hydrogens (tertiary/aromatic N) is 1. The normalized spacial score (nSPS) is 10.5. The molecule has 0 N–H and O–H groups in total. The van der Waals surface area contributed by atoms with Crippen LogP contribution in [0.25, 0.3) is 0 Å². The first-order chi connectivity index (χ1) is 13.6. The lowest BCUT2D eigenvalue weighted by molar-refractivity contribution is 0.0473. The van der Waals surface area contributed by atoms with Crippen molar-refractivity contribution in [3.05, 3.63) is 76.3 Å². The van der Waals surface area contributed by atoms with Crippen molar-refractivity contribution in [3.8, 4) is 5.75 Å². The number of hydrogen-bond donors (Lipinski definition) is 0. The van der Waals surface area contributed by atoms with Gasteiger partial charge in [-0.1, -0.05) is 42.1 Å². The third-order valence-electron chi connectivity index (χ3n) is 3.93. The van der Waals surface area contributed by atoms with Gasteiger partial charge < -0.3 is 9.47 Å². The van der Waals surface area contributed by atoms with Crippen LogP contribution in [0, 0.1) is 6.92 Å². The van der Waals surface area contributed by atoms with Gasteiger partial charge in [0.25, 0.3) is 0 Å². The molecular weight excluding hydrogens is 394 g/mol. The third-order valence-corrected chi connectivity index (χ3v) is 6.12. The van der Waals surface area contributed by atoms with Crippen molar-refractivity contribution in [2.75, 3.05) is 13.7 Å². The van der Waals surface area contributed by atoms with Crippen LogP contribution in [0.1, 0.15) is 32.0 Å². The van der Waals surface area contributed by atoms with Gasteiger partial charge in [-0.15, -0.1) is 11.3 Å². The van der Waals surface area contributed by atoms with E-state index in [0.717, 1.165) is 15.6 Å². The van der Waals surface area contributed by atoms with E-state index in [0.29, 0.717) is 22.6 Å². The number of ether oxygens (including phenoxy) is 2. The van der Waals surface area contributed by atoms with Gasteiger partial charge in [-0.2, -0.15) is 0 Å². The second-order valence-corrected chi connectivity index (χ2v) is 7.98. The molecular formula is C21H19NO4S2. The van der Waals surface area contributed by atoms with E-state index in [1.54, 1.807) is 59.5 Å². The summed E-state index contributed by atoms with van der Waals surface area (Å²) < 4.78 is 11.4. The SMILES string of the molecule is COc1ccccc1C(=O)COC(=O)c1ccccc1CSc1nc(C)cs1. The molecule has 0 saturated heterocycles. The van der Waals surface area contributed by atoms with Gasteiger partial charge in [-0.05, 0) is 30.7 Å². The highest BCUT2D eigenvalue weighted by Crippen LogP contribution is 2.27. The highest BCUT2D eigenvalue weighted by atomic mass is 32.2. The molecule has 2 aromatic carbocycles. The zero-order chi connectivity index (χ0) is 19.9. The Balaban J connectivity index is 1.65. The minimum absolute atomic E-state index is 0.309. The van der Waals surface area contributed by atoms with Gasteiger partial charge >= 0.3 is 5.97 Å². The van der Waals surface area contributed by atoms with Crippen LogP contribution in [0.2, 0.25) is 0 Å². The van der Waals surface area contributed by atoms with Gasteiger partial charge in [0.15, 0.2) is 6.61 Å². The molecule has 0 spiro atoms. The number of methoxy groups -OCH3 is 1. The Hall–Kier alpha value is -2.64. The van der Waals surface area contributed by atoms with Crippen molar-refractivity contribution in [2.24, 2.45) is 0 Å². The standard InChI is InChI=1S/C21H19NO4S2/c1-14-12-27-21(22-14)28-13-15-7-3-4-8-16(15)20(24)26-11-18(23)17-9-5-6-10-19(17)25-2/h3-10,12H,11,13H2,1-2H3. The lowest BCUT2D eigenvalue weighted by Crippen LogP contribution is -2.16. The predicted octanol–water partition coefficient (Wildman–Crippen LogP) is 4.79. The maximum atomic E-state index is 12.5. The molecule has 0 bridgehead atoms. The number of hydrogen-bond acceptors (Lipinski definition) is 7. The lowest BCUT2D eigenvalue weighted by atomic mass is 10.1. The Morgan fingerprint density at radius 1 is 1.07 bits per heavy atom. The number of Topliss-reactive ketones (excluding diaryl/α,β-unsaturated/α-hetero) is 1. The number of para-hydroxylation sites is 1. The van der Waals surface area contributed by atoms with Crippen molar-refractivity contribution in [3.63, 3.8) is 0 Å². The molecule has 28 heavy (non-hydrogen) atoms. The Morgan fingerprint density at radius 3 is 2.50 bits per heavy atom. The number of aromatic nitrogens is 1. The summed E-state index contributed by atoms with van der Waals surface area (Å²) in [6.07, 6.45) is 0. The maximum Gasteiger partial charge on any atom is 0.338 e. The number of benzene rings is 2. The van der Waals surface area contributed by atoms with Gasteiger partial charge in [-0.3, -0.25) is 4.79 Å². The average molecular weight is 414 g/mol. The van der Waals surface area contributed by atoms with E-state index < -0.39 is 5.97 Å². The number of carbonyl (C=O) groups is 2. The Morgan fingerprint density at radius 2 is 1.79 bits per heavy atom. The van der Waals surface area contributed by atoms with Crippen molar-refractivity contribution < 1.29 is 19.1 Å². The second kappa shape index (κ2) is 9.52. The fraction of sp³-hybridized carbons (Fsp3) is 0.190. The number of rotatable bonds is 8. The minimum atomic E-state index is -0.519. The molecule has 1 aromatic heterocycles. The zero-order valence-electron chi connectivity index (χ0n) is 15.5. The van der Waals surface area contributed by atoms with Gasteiger partial charge in [-0.25, -0.2) is 9.78 Å². The molecule has 5 nitrogen and oxygen atoms in total. The summed E-state index contributed by atoms with van der Waals surface area (Å²) in [5, 5.41) is 1.99. The third kappa shape index (κ3) is 4.99. The Labute approximate surface area is 171 Å². The van der Waals surface area contributed by atoms with E-state index in [-0.39, 0.29) is 12.4 Å². The van der Waals surface area contributed by atoms with Gasteiger partial charge in [0.2, 0.25) is 5.78 Å². The van der Waals surface area contributed by atoms with E-state index in [9.17, 15) is 9.59 Å². The summed E-state index contributed by atoms with van der Waals surface area (Å²) in [7, 11) is 1.50. The first kappa shape index (κ1) is 20.1. The highest BCUT2D eigenvalue weighted by molar-refractivity contribution is 8.00. The van der Waals surface area contributed by atoms with Gasteiger partial charge in [0, 0.05) is 16.8 Å². The van der Waals surface area contributed by atoms with E-state index >= 15 is 0 Å². The number of thioether (sulfide) groups is 1. The topological polar surface area (TPSA) is 65.5 Å². The molecule has 3 rings (SSSR count). The van der Waals surface area contributed by atoms with Crippen LogP contribution in [0.4, 0.5) is 0 Å². The van der Waals surface area contributed by atoms with Crippen LogP contribution in [0.3, 0.4) is 0 Å². The second-order valence-electron chi connectivity index (χ2n) is 5.90. The predicted molar refractivity (Wildman–Crippen MR) is 110 cm³/mol. The van der Waals surface area contributed by atoms with Crippen LogP contribution < -0.4 is 4.74 Å². The molecule has 3 aromatic rings. The largest absolute Gasteiger partial charge is 0.496 e. The van der Waals surface area contributed by atoms with Gasteiger partial charge in [0.05, 0.1) is 18.2 Å². The summed E-state index contributed by atoms with van der Waals surface area (Å²) in [5.41, 5.74) is 2.67. The summed E-state index contributed by atoms with van der Waals surface area (Å²) in [5.74, 6) is 0.225. The molecule has 0 aliphatic carbocycles. The number of carbonyl (C=O) groups excluding carboxylic acids is 2. The summed E-state index contributed by atoms with van der Waals surface area (Å²) in [6.45, 7) is 1.61. The highest BCUT2D eigenvalue weighted by Gasteiger charge is 2.17. The Bertz CT molecular complexity index is 984. The molecule has 0 atom stereocenters. The number of esters is 1. The van der Waals surface area contributed by atoms with E-state index in [2.05, 4.69) is 4.98 Å². The first-order valence-electron chi connectivity index (χ1n) is 8.54. The minimum Gasteiger partial charge on any atom is -0.496 e. The maximum absolute atomic E-state index is 12.5. The molecule has 0 radical (unpaired) electrons. The van der Waals surface area contributed by atoms with Crippen molar-refractivity contribution in [1.82, 2.24) is 4.98 Å². The number of aryl methyl sites for hydroxylation is 1. The molecule has 0 aliphatic heterocycles. The van der Waals surface area contributed by atoms with Crippen LogP contribution in [-0.4, -0.2) is 30.5 Å². The molecule has 0 saturated carbocycles. The average Bonchev–Trinajstić information content (AvgIpc) is 3.15. The first-order valence-corrected chi connectivity index (χ1v) is 10.4. The summed E-state index contributed by atoms with van der Waals surface area (Å²) in [4.78, 5) is 29.4. The zero-order valence-corrected chi connectivity index (χ0v) is 17.1. The number of ketones is 1. The van der Waals surface area contributed by atoms with E-state index in [1.165, 1.54) is 7.11 Å². The van der Waals surface area contributed by atoms with E-state index in [1.807, 2.05) is 24.4 Å². The lowest BCUT2D eigenvalue weighted by Gasteiger charge is -2.10. The molecule has 0 aliphatic rings. The monoisotopic (exact) mass is 413 g/mol. The van der Waals surface area contributed by atoms with Crippen LogP contribution >= 0.6 is 23.1 Å². The quantitative estimate of drug-likeness (QED) is 0.300. The molecule has 0 fully saturated rings. The van der Waals surface area contributed by atoms with Gasteiger partial charge in [0.1, 0.15) is 10.1 Å². The van der Waals surface area contributed by atoms with Crippen LogP contribution in [0.5, 0.6) is 5.75 Å². The molecule has 0 unspecified atom stereocenters. The van der Waals surface area contributed by atoms with Crippen molar-refractivity contribution >= 4 is 34.9 Å². The molecule has 7 heteroatoms. The summed E-state index contributed by atoms with van der Waals surface area (Å²) in [6, 6.07) is 14.1. The molecule has 0 amide bonds. The molecule has 144 valence electrons. The van der Waals surface area contributed by atoms with Crippen molar-refractivity contribution in [1.29, 1.82) is 0 Å². The van der Waals surface area contributed by atoms with Crippen LogP contribution in [0.15, 0.2) is 58.3 Å².